The van der Waals surface area contributed by atoms with E-state index in [2.05, 4.69) is 150 Å². The van der Waals surface area contributed by atoms with Crippen LogP contribution in [0.2, 0.25) is 0 Å². The lowest BCUT2D eigenvalue weighted by Gasteiger charge is -2.47. The standard InChI is InChI=1S/C57H61NO4S/c1-8-55(9-2)27-29-56(30-28-55)49-16-11-10-15-45(49)51-47-31-40(35-59)50(63-54-36(3)13-12-14-37(54)4)32-48(47)53-46(52(51)56)25-26-57(62-53,42-19-23-44(60-7)24-20-42)41-17-21-43(22-18-41)58-33-38(5)61-39(6)34-58/h10-26,31-32,38-39,59H,8-9,27-30,33-35H2,1-7H3/t38-,39+,57?. The third-order valence-corrected chi connectivity index (χ3v) is 16.9. The molecule has 1 saturated carbocycles. The molecule has 10 rings (SSSR count). The Morgan fingerprint density at radius 1 is 0.778 bits per heavy atom. The van der Waals surface area contributed by atoms with Gasteiger partial charge in [-0.2, -0.15) is 0 Å². The molecule has 0 aromatic heterocycles. The van der Waals surface area contributed by atoms with E-state index < -0.39 is 5.60 Å². The predicted molar refractivity (Wildman–Crippen MR) is 260 cm³/mol. The zero-order chi connectivity index (χ0) is 43.7. The summed E-state index contributed by atoms with van der Waals surface area (Å²) in [4.78, 5) is 4.71. The van der Waals surface area contributed by atoms with Crippen molar-refractivity contribution in [3.63, 3.8) is 0 Å². The van der Waals surface area contributed by atoms with Gasteiger partial charge in [-0.1, -0.05) is 111 Å². The van der Waals surface area contributed by atoms with Crippen LogP contribution >= 0.6 is 11.8 Å². The average molecular weight is 856 g/mol. The van der Waals surface area contributed by atoms with Crippen LogP contribution in [0.15, 0.2) is 119 Å². The Kier molecular flexibility index (Phi) is 10.8. The maximum atomic E-state index is 11.2. The summed E-state index contributed by atoms with van der Waals surface area (Å²) in [5, 5.41) is 13.4. The second kappa shape index (κ2) is 16.2. The Morgan fingerprint density at radius 3 is 2.06 bits per heavy atom. The molecule has 2 aliphatic carbocycles. The van der Waals surface area contributed by atoms with Crippen LogP contribution in [0, 0.1) is 19.3 Å². The van der Waals surface area contributed by atoms with Crippen molar-refractivity contribution < 1.29 is 19.3 Å². The lowest BCUT2D eigenvalue weighted by Crippen LogP contribution is -2.45. The van der Waals surface area contributed by atoms with Gasteiger partial charge < -0.3 is 24.2 Å². The lowest BCUT2D eigenvalue weighted by atomic mass is 9.58. The first-order valence-electron chi connectivity index (χ1n) is 23.2. The van der Waals surface area contributed by atoms with Gasteiger partial charge in [0.1, 0.15) is 11.5 Å². The van der Waals surface area contributed by atoms with E-state index in [-0.39, 0.29) is 24.2 Å². The highest BCUT2D eigenvalue weighted by Crippen LogP contribution is 2.64. The third-order valence-electron chi connectivity index (χ3n) is 15.5. The van der Waals surface area contributed by atoms with Gasteiger partial charge in [0.2, 0.25) is 0 Å². The molecule has 2 aliphatic heterocycles. The number of aliphatic hydroxyl groups excluding tert-OH is 1. The molecule has 6 aromatic carbocycles. The Balaban J connectivity index is 1.23. The zero-order valence-corrected chi connectivity index (χ0v) is 38.8. The van der Waals surface area contributed by atoms with Gasteiger partial charge in [0.25, 0.3) is 0 Å². The number of methoxy groups -OCH3 is 1. The normalized spacial score (nSPS) is 21.8. The number of anilines is 1. The summed E-state index contributed by atoms with van der Waals surface area (Å²) >= 11 is 1.75. The number of morpholine rings is 1. The molecule has 6 aromatic rings. The van der Waals surface area contributed by atoms with E-state index in [0.29, 0.717) is 5.41 Å². The fourth-order valence-electron chi connectivity index (χ4n) is 11.8. The number of ether oxygens (including phenoxy) is 3. The molecule has 1 unspecified atom stereocenters. The minimum Gasteiger partial charge on any atom is -0.497 e. The molecular weight excluding hydrogens is 795 g/mol. The minimum absolute atomic E-state index is 0.0546. The smallest absolute Gasteiger partial charge is 0.178 e. The van der Waals surface area contributed by atoms with E-state index in [0.717, 1.165) is 69.8 Å². The highest BCUT2D eigenvalue weighted by atomic mass is 32.2. The first-order valence-corrected chi connectivity index (χ1v) is 24.0. The molecule has 1 spiro atoms. The zero-order valence-electron chi connectivity index (χ0n) is 38.0. The number of hydrogen-bond donors (Lipinski definition) is 1. The molecule has 1 N–H and O–H groups in total. The lowest BCUT2D eigenvalue weighted by molar-refractivity contribution is -0.00522. The van der Waals surface area contributed by atoms with Crippen LogP contribution in [0.5, 0.6) is 11.5 Å². The molecule has 2 heterocycles. The highest BCUT2D eigenvalue weighted by Gasteiger charge is 2.51. The van der Waals surface area contributed by atoms with Gasteiger partial charge >= 0.3 is 0 Å². The molecule has 3 atom stereocenters. The summed E-state index contributed by atoms with van der Waals surface area (Å²) in [6.07, 6.45) is 12.1. The Morgan fingerprint density at radius 2 is 1.43 bits per heavy atom. The topological polar surface area (TPSA) is 51.2 Å². The summed E-state index contributed by atoms with van der Waals surface area (Å²) in [6.45, 7) is 15.1. The Bertz CT molecular complexity index is 2690. The number of aliphatic hydroxyl groups is 1. The Labute approximate surface area is 378 Å². The first kappa shape index (κ1) is 42.0. The van der Waals surface area contributed by atoms with Crippen LogP contribution in [0.3, 0.4) is 0 Å². The van der Waals surface area contributed by atoms with E-state index >= 15 is 0 Å². The second-order valence-electron chi connectivity index (χ2n) is 18.9. The second-order valence-corrected chi connectivity index (χ2v) is 20.0. The van der Waals surface area contributed by atoms with Crippen LogP contribution in [-0.2, 0) is 22.4 Å². The molecule has 0 bridgehead atoms. The maximum Gasteiger partial charge on any atom is 0.178 e. The minimum atomic E-state index is -0.940. The van der Waals surface area contributed by atoms with Gasteiger partial charge in [-0.25, -0.2) is 0 Å². The molecule has 63 heavy (non-hydrogen) atoms. The molecule has 1 saturated heterocycles. The van der Waals surface area contributed by atoms with Crippen molar-refractivity contribution in [2.75, 3.05) is 25.1 Å². The number of fused-ring (bicyclic) bond motifs is 10. The fraction of sp³-hybridized carbons (Fsp3) is 0.368. The maximum absolute atomic E-state index is 11.2. The predicted octanol–water partition coefficient (Wildman–Crippen LogP) is 13.7. The number of nitrogens with zero attached hydrogens (tertiary/aromatic N) is 1. The van der Waals surface area contributed by atoms with E-state index in [1.54, 1.807) is 18.9 Å². The number of aryl methyl sites for hydroxylation is 2. The number of rotatable bonds is 9. The van der Waals surface area contributed by atoms with Gasteiger partial charge in [-0.05, 0) is 146 Å². The van der Waals surface area contributed by atoms with E-state index in [1.165, 1.54) is 75.2 Å². The molecule has 5 nitrogen and oxygen atoms in total. The van der Waals surface area contributed by atoms with Crippen molar-refractivity contribution in [2.24, 2.45) is 5.41 Å². The van der Waals surface area contributed by atoms with Crippen molar-refractivity contribution in [2.45, 2.75) is 120 Å². The highest BCUT2D eigenvalue weighted by molar-refractivity contribution is 7.99. The van der Waals surface area contributed by atoms with Crippen molar-refractivity contribution in [1.82, 2.24) is 0 Å². The summed E-state index contributed by atoms with van der Waals surface area (Å²) in [5.41, 5.74) is 12.6. The van der Waals surface area contributed by atoms with Gasteiger partial charge in [-0.3, -0.25) is 0 Å². The summed E-state index contributed by atoms with van der Waals surface area (Å²) in [5.74, 6) is 1.71. The number of hydrogen-bond acceptors (Lipinski definition) is 6. The number of benzene rings is 6. The Hall–Kier alpha value is -5.01. The van der Waals surface area contributed by atoms with Crippen molar-refractivity contribution >= 4 is 34.3 Å². The largest absolute Gasteiger partial charge is 0.497 e. The van der Waals surface area contributed by atoms with Crippen molar-refractivity contribution in [3.8, 4) is 22.6 Å². The quantitative estimate of drug-likeness (QED) is 0.156. The van der Waals surface area contributed by atoms with Crippen LogP contribution in [0.1, 0.15) is 111 Å². The molecule has 6 heteroatoms. The van der Waals surface area contributed by atoms with Gasteiger partial charge in [0, 0.05) is 56.1 Å². The van der Waals surface area contributed by atoms with Gasteiger partial charge in [0.15, 0.2) is 5.60 Å². The van der Waals surface area contributed by atoms with Gasteiger partial charge in [0.05, 0.1) is 25.9 Å². The van der Waals surface area contributed by atoms with Crippen molar-refractivity contribution in [3.05, 3.63) is 154 Å². The van der Waals surface area contributed by atoms with E-state index in [9.17, 15) is 5.11 Å². The fourth-order valence-corrected chi connectivity index (χ4v) is 12.9. The third kappa shape index (κ3) is 6.82. The average Bonchev–Trinajstić information content (AvgIpc) is 3.59. The molecule has 0 amide bonds. The molecular formula is C57H61NO4S. The molecule has 2 fully saturated rings. The molecule has 0 radical (unpaired) electrons. The summed E-state index contributed by atoms with van der Waals surface area (Å²) in [6, 6.07) is 37.7. The van der Waals surface area contributed by atoms with Gasteiger partial charge in [-0.15, -0.1) is 0 Å². The molecule has 4 aliphatic rings. The van der Waals surface area contributed by atoms with Crippen LogP contribution in [0.4, 0.5) is 5.69 Å². The van der Waals surface area contributed by atoms with Crippen LogP contribution < -0.4 is 14.4 Å². The van der Waals surface area contributed by atoms with Crippen molar-refractivity contribution in [1.29, 1.82) is 0 Å². The molecule has 324 valence electrons. The van der Waals surface area contributed by atoms with Crippen LogP contribution in [-0.4, -0.2) is 37.5 Å². The SMILES string of the molecule is CCC1(CC)CCC2(CC1)c1ccccc1-c1c2c2c(c3cc(Sc4c(C)cccc4C)c(CO)cc13)OC(c1ccc(OC)cc1)(c1ccc(N3C[C@@H](C)O[C@@H](C)C3)cc1)C=C2. The monoisotopic (exact) mass is 855 g/mol. The van der Waals surface area contributed by atoms with Crippen LogP contribution in [0.25, 0.3) is 28.0 Å². The first-order chi connectivity index (χ1) is 30.6. The van der Waals surface area contributed by atoms with E-state index in [1.807, 2.05) is 12.1 Å². The van der Waals surface area contributed by atoms with E-state index in [4.69, 9.17) is 14.2 Å². The summed E-state index contributed by atoms with van der Waals surface area (Å²) < 4.78 is 19.7. The summed E-state index contributed by atoms with van der Waals surface area (Å²) in [7, 11) is 1.72.